The van der Waals surface area contributed by atoms with Gasteiger partial charge in [0.05, 0.1) is 20.7 Å². The standard InChI is InChI=1S/C21H18N4O3S2/c1-25(15-6-4-3-5-7-15)19-11-8-14(13-22-19)20(26)24-21-23-17-10-9-16(30(2,27)28)12-18(17)29-21/h3-13H,1-2H3,(H,23,24,26). The number of thiazole rings is 1. The fourth-order valence-corrected chi connectivity index (χ4v) is 4.48. The van der Waals surface area contributed by atoms with E-state index in [4.69, 9.17) is 0 Å². The number of carbonyl (C=O) groups is 1. The quantitative estimate of drug-likeness (QED) is 0.504. The fraction of sp³-hybridized carbons (Fsp3) is 0.0952. The van der Waals surface area contributed by atoms with E-state index in [1.165, 1.54) is 23.6 Å². The second kappa shape index (κ2) is 7.85. The van der Waals surface area contributed by atoms with Gasteiger partial charge in [-0.1, -0.05) is 29.5 Å². The Morgan fingerprint density at radius 2 is 1.83 bits per heavy atom. The molecule has 0 radical (unpaired) electrons. The highest BCUT2D eigenvalue weighted by Gasteiger charge is 2.14. The molecule has 0 atom stereocenters. The van der Waals surface area contributed by atoms with Crippen LogP contribution in [0.4, 0.5) is 16.6 Å². The van der Waals surface area contributed by atoms with Gasteiger partial charge in [0.1, 0.15) is 5.82 Å². The largest absolute Gasteiger partial charge is 0.329 e. The first-order valence-electron chi connectivity index (χ1n) is 8.98. The molecule has 0 aliphatic rings. The summed E-state index contributed by atoms with van der Waals surface area (Å²) >= 11 is 1.22. The number of hydrogen-bond donors (Lipinski definition) is 1. The van der Waals surface area contributed by atoms with Crippen LogP contribution in [-0.4, -0.2) is 37.6 Å². The van der Waals surface area contributed by atoms with Gasteiger partial charge in [-0.2, -0.15) is 0 Å². The van der Waals surface area contributed by atoms with Gasteiger partial charge >= 0.3 is 0 Å². The number of nitrogens with zero attached hydrogens (tertiary/aromatic N) is 3. The molecule has 4 rings (SSSR count). The van der Waals surface area contributed by atoms with E-state index in [1.54, 1.807) is 24.3 Å². The summed E-state index contributed by atoms with van der Waals surface area (Å²) in [6.45, 7) is 0. The highest BCUT2D eigenvalue weighted by Crippen LogP contribution is 2.28. The molecule has 0 bridgehead atoms. The molecular formula is C21H18N4O3S2. The molecule has 2 heterocycles. The molecule has 30 heavy (non-hydrogen) atoms. The second-order valence-electron chi connectivity index (χ2n) is 6.67. The normalized spacial score (nSPS) is 11.4. The minimum Gasteiger partial charge on any atom is -0.329 e. The Balaban J connectivity index is 1.51. The third kappa shape index (κ3) is 4.17. The smallest absolute Gasteiger partial charge is 0.259 e. The fourth-order valence-electron chi connectivity index (χ4n) is 2.86. The van der Waals surface area contributed by atoms with Gasteiger partial charge in [-0.15, -0.1) is 0 Å². The van der Waals surface area contributed by atoms with Crippen molar-refractivity contribution in [1.29, 1.82) is 0 Å². The van der Waals surface area contributed by atoms with E-state index in [1.807, 2.05) is 42.3 Å². The van der Waals surface area contributed by atoms with E-state index < -0.39 is 9.84 Å². The van der Waals surface area contributed by atoms with Crippen molar-refractivity contribution in [2.24, 2.45) is 0 Å². The lowest BCUT2D eigenvalue weighted by molar-refractivity contribution is 0.102. The Kier molecular flexibility index (Phi) is 5.23. The summed E-state index contributed by atoms with van der Waals surface area (Å²) in [5, 5.41) is 3.15. The SMILES string of the molecule is CN(c1ccccc1)c1ccc(C(=O)Nc2nc3ccc(S(C)(=O)=O)cc3s2)cn1. The van der Waals surface area contributed by atoms with Gasteiger partial charge in [0.25, 0.3) is 5.91 Å². The number of amides is 1. The Morgan fingerprint density at radius 3 is 2.50 bits per heavy atom. The Morgan fingerprint density at radius 1 is 1.07 bits per heavy atom. The lowest BCUT2D eigenvalue weighted by Gasteiger charge is -2.18. The van der Waals surface area contributed by atoms with Crippen LogP contribution >= 0.6 is 11.3 Å². The van der Waals surface area contributed by atoms with Crippen molar-refractivity contribution in [2.45, 2.75) is 4.90 Å². The molecule has 2 aromatic heterocycles. The molecule has 0 spiro atoms. The predicted octanol–water partition coefficient (Wildman–Crippen LogP) is 4.12. The number of hydrogen-bond acceptors (Lipinski definition) is 7. The van der Waals surface area contributed by atoms with Crippen molar-refractivity contribution in [3.05, 3.63) is 72.4 Å². The molecule has 152 valence electrons. The summed E-state index contributed by atoms with van der Waals surface area (Å²) in [6.07, 6.45) is 2.67. The maximum atomic E-state index is 12.6. The summed E-state index contributed by atoms with van der Waals surface area (Å²) < 4.78 is 24.1. The molecule has 0 unspecified atom stereocenters. The average molecular weight is 439 g/mol. The van der Waals surface area contributed by atoms with E-state index in [0.717, 1.165) is 11.9 Å². The molecule has 0 aliphatic heterocycles. The highest BCUT2D eigenvalue weighted by atomic mass is 32.2. The van der Waals surface area contributed by atoms with E-state index in [0.29, 0.717) is 26.7 Å². The molecule has 1 N–H and O–H groups in total. The van der Waals surface area contributed by atoms with E-state index in [9.17, 15) is 13.2 Å². The zero-order chi connectivity index (χ0) is 21.3. The lowest BCUT2D eigenvalue weighted by Crippen LogP contribution is -2.14. The molecular weight excluding hydrogens is 420 g/mol. The van der Waals surface area contributed by atoms with Gasteiger partial charge in [-0.05, 0) is 42.5 Å². The van der Waals surface area contributed by atoms with Gasteiger partial charge in [0, 0.05) is 25.2 Å². The zero-order valence-electron chi connectivity index (χ0n) is 16.2. The van der Waals surface area contributed by atoms with Crippen LogP contribution in [0.2, 0.25) is 0 Å². The van der Waals surface area contributed by atoms with Crippen LogP contribution in [0, 0.1) is 0 Å². The minimum atomic E-state index is -3.30. The molecule has 1 amide bonds. The summed E-state index contributed by atoms with van der Waals surface area (Å²) in [5.74, 6) is 0.379. The molecule has 0 aliphatic carbocycles. The van der Waals surface area contributed by atoms with Crippen molar-refractivity contribution >= 4 is 53.9 Å². The monoisotopic (exact) mass is 438 g/mol. The maximum absolute atomic E-state index is 12.6. The van der Waals surface area contributed by atoms with Gasteiger partial charge in [-0.25, -0.2) is 18.4 Å². The Labute approximate surface area is 177 Å². The Hall–Kier alpha value is -3.30. The summed E-state index contributed by atoms with van der Waals surface area (Å²) in [7, 11) is -1.40. The number of nitrogens with one attached hydrogen (secondary N) is 1. The topological polar surface area (TPSA) is 92.3 Å². The van der Waals surface area contributed by atoms with Crippen LogP contribution in [0.15, 0.2) is 71.8 Å². The molecule has 0 fully saturated rings. The molecule has 0 saturated heterocycles. The van der Waals surface area contributed by atoms with Crippen LogP contribution in [0.3, 0.4) is 0 Å². The van der Waals surface area contributed by atoms with Crippen molar-refractivity contribution < 1.29 is 13.2 Å². The number of fused-ring (bicyclic) bond motifs is 1. The van der Waals surface area contributed by atoms with Crippen LogP contribution in [0.25, 0.3) is 10.2 Å². The first-order chi connectivity index (χ1) is 14.3. The van der Waals surface area contributed by atoms with Crippen molar-refractivity contribution in [2.75, 3.05) is 23.5 Å². The summed E-state index contributed by atoms with van der Waals surface area (Å²) in [5.41, 5.74) is 2.02. The third-order valence-corrected chi connectivity index (χ3v) is 6.55. The van der Waals surface area contributed by atoms with Crippen LogP contribution in [0.5, 0.6) is 0 Å². The van der Waals surface area contributed by atoms with Gasteiger partial charge in [0.2, 0.25) is 0 Å². The number of pyridine rings is 1. The Bertz CT molecular complexity index is 1320. The first kappa shape index (κ1) is 20.0. The van der Waals surface area contributed by atoms with Crippen LogP contribution in [-0.2, 0) is 9.84 Å². The van der Waals surface area contributed by atoms with Crippen molar-refractivity contribution in [3.63, 3.8) is 0 Å². The highest BCUT2D eigenvalue weighted by molar-refractivity contribution is 7.90. The van der Waals surface area contributed by atoms with Gasteiger partial charge in [0.15, 0.2) is 15.0 Å². The number of sulfone groups is 1. The number of anilines is 3. The summed E-state index contributed by atoms with van der Waals surface area (Å²) in [6, 6.07) is 18.0. The number of benzene rings is 2. The number of aromatic nitrogens is 2. The second-order valence-corrected chi connectivity index (χ2v) is 9.72. The van der Waals surface area contributed by atoms with E-state index in [-0.39, 0.29) is 10.8 Å². The molecule has 4 aromatic rings. The van der Waals surface area contributed by atoms with Crippen LogP contribution < -0.4 is 10.2 Å². The first-order valence-corrected chi connectivity index (χ1v) is 11.7. The maximum Gasteiger partial charge on any atom is 0.259 e. The minimum absolute atomic E-state index is 0.221. The molecule has 7 nitrogen and oxygen atoms in total. The predicted molar refractivity (Wildman–Crippen MR) is 119 cm³/mol. The number of rotatable bonds is 5. The van der Waals surface area contributed by atoms with Gasteiger partial charge < -0.3 is 4.90 Å². The van der Waals surface area contributed by atoms with Crippen molar-refractivity contribution in [1.82, 2.24) is 9.97 Å². The summed E-state index contributed by atoms with van der Waals surface area (Å²) in [4.78, 5) is 23.5. The molecule has 9 heteroatoms. The van der Waals surface area contributed by atoms with E-state index in [2.05, 4.69) is 15.3 Å². The van der Waals surface area contributed by atoms with Crippen molar-refractivity contribution in [3.8, 4) is 0 Å². The van der Waals surface area contributed by atoms with E-state index >= 15 is 0 Å². The zero-order valence-corrected chi connectivity index (χ0v) is 17.9. The third-order valence-electron chi connectivity index (χ3n) is 4.51. The number of para-hydroxylation sites is 1. The lowest BCUT2D eigenvalue weighted by atomic mass is 10.2. The average Bonchev–Trinajstić information content (AvgIpc) is 3.14. The molecule has 0 saturated carbocycles. The number of carbonyl (C=O) groups excluding carboxylic acids is 1. The van der Waals surface area contributed by atoms with Crippen LogP contribution in [0.1, 0.15) is 10.4 Å². The molecule has 2 aromatic carbocycles. The van der Waals surface area contributed by atoms with Gasteiger partial charge in [-0.3, -0.25) is 10.1 Å².